The highest BCUT2D eigenvalue weighted by Crippen LogP contribution is 2.49. The maximum atomic E-state index is 13.2. The minimum Gasteiger partial charge on any atom is -0.359 e. The van der Waals surface area contributed by atoms with E-state index in [4.69, 9.17) is 0 Å². The topological polar surface area (TPSA) is 49.4 Å². The van der Waals surface area contributed by atoms with Crippen LogP contribution in [0.3, 0.4) is 0 Å². The number of aldehydes is 1. The van der Waals surface area contributed by atoms with Gasteiger partial charge in [-0.2, -0.15) is 0 Å². The second-order valence-corrected chi connectivity index (χ2v) is 8.24. The second-order valence-electron chi connectivity index (χ2n) is 7.15. The van der Waals surface area contributed by atoms with Crippen LogP contribution in [0.5, 0.6) is 0 Å². The van der Waals surface area contributed by atoms with Crippen molar-refractivity contribution in [3.05, 3.63) is 60.2 Å². The number of hydrogen-bond donors (Lipinski definition) is 1. The molecule has 0 bridgehead atoms. The summed E-state index contributed by atoms with van der Waals surface area (Å²) < 4.78 is 0. The number of carbonyl (C=O) groups excluding carboxylic acids is 2. The summed E-state index contributed by atoms with van der Waals surface area (Å²) in [6.07, 6.45) is 1.89. The molecule has 1 aliphatic carbocycles. The summed E-state index contributed by atoms with van der Waals surface area (Å²) in [5.41, 5.74) is 2.37. The van der Waals surface area contributed by atoms with Crippen molar-refractivity contribution >= 4 is 29.5 Å². The first kappa shape index (κ1) is 18.3. The van der Waals surface area contributed by atoms with E-state index in [0.717, 1.165) is 36.4 Å². The molecule has 1 unspecified atom stereocenters. The summed E-state index contributed by atoms with van der Waals surface area (Å²) in [5.74, 6) is 1.35. The lowest BCUT2D eigenvalue weighted by atomic mass is 10.00. The minimum atomic E-state index is -0.106. The third kappa shape index (κ3) is 4.09. The maximum absolute atomic E-state index is 13.2. The normalized spacial score (nSPS) is 24.4. The van der Waals surface area contributed by atoms with Crippen LogP contribution >= 0.6 is 11.8 Å². The van der Waals surface area contributed by atoms with E-state index in [-0.39, 0.29) is 12.0 Å². The highest BCUT2D eigenvalue weighted by Gasteiger charge is 2.47. The number of benzene rings is 2. The smallest absolute Gasteiger partial charge is 0.160 e. The van der Waals surface area contributed by atoms with E-state index in [1.807, 2.05) is 30.3 Å². The van der Waals surface area contributed by atoms with Gasteiger partial charge >= 0.3 is 0 Å². The molecular formula is C22H24N2O2S. The summed E-state index contributed by atoms with van der Waals surface area (Å²) >= 11 is 1.53. The molecule has 1 N–H and O–H groups in total. The lowest BCUT2D eigenvalue weighted by molar-refractivity contribution is -0.121. The Balaban J connectivity index is 1.46. The van der Waals surface area contributed by atoms with Crippen molar-refractivity contribution in [1.82, 2.24) is 5.32 Å². The number of hydrogen-bond acceptors (Lipinski definition) is 5. The number of thioether (sulfide) groups is 1. The molecule has 0 spiro atoms. The number of nitrogens with one attached hydrogen (secondary N) is 1. The number of ketones is 1. The van der Waals surface area contributed by atoms with Gasteiger partial charge in [0.1, 0.15) is 12.3 Å². The van der Waals surface area contributed by atoms with Crippen molar-refractivity contribution in [1.29, 1.82) is 0 Å². The zero-order valence-corrected chi connectivity index (χ0v) is 16.0. The molecule has 1 saturated heterocycles. The van der Waals surface area contributed by atoms with Crippen LogP contribution in [0, 0.1) is 5.92 Å². The van der Waals surface area contributed by atoms with Crippen LogP contribution in [-0.4, -0.2) is 43.5 Å². The fraction of sp³-hybridized carbons (Fsp3) is 0.364. The van der Waals surface area contributed by atoms with E-state index in [2.05, 4.69) is 34.5 Å². The van der Waals surface area contributed by atoms with Gasteiger partial charge < -0.3 is 15.0 Å². The molecule has 2 aromatic rings. The van der Waals surface area contributed by atoms with Crippen LogP contribution in [0.15, 0.2) is 59.5 Å². The second kappa shape index (κ2) is 8.28. The number of nitrogens with zero attached hydrogens (tertiary/aromatic N) is 1. The molecule has 3 atom stereocenters. The van der Waals surface area contributed by atoms with Gasteiger partial charge in [-0.05, 0) is 42.2 Å². The third-order valence-corrected chi connectivity index (χ3v) is 6.35. The van der Waals surface area contributed by atoms with Crippen molar-refractivity contribution < 1.29 is 9.59 Å². The van der Waals surface area contributed by atoms with Gasteiger partial charge in [-0.15, -0.1) is 11.8 Å². The molecule has 5 heteroatoms. The first-order valence-corrected chi connectivity index (χ1v) is 10.5. The molecule has 0 aromatic heterocycles. The Morgan fingerprint density at radius 1 is 1.15 bits per heavy atom. The van der Waals surface area contributed by atoms with Crippen LogP contribution in [0.2, 0.25) is 0 Å². The van der Waals surface area contributed by atoms with Gasteiger partial charge in [0.15, 0.2) is 5.78 Å². The molecule has 140 valence electrons. The lowest BCUT2D eigenvalue weighted by Crippen LogP contribution is -2.55. The van der Waals surface area contributed by atoms with Gasteiger partial charge in [0.25, 0.3) is 0 Å². The summed E-state index contributed by atoms with van der Waals surface area (Å²) in [4.78, 5) is 27.1. The van der Waals surface area contributed by atoms with E-state index in [0.29, 0.717) is 24.0 Å². The quantitative estimate of drug-likeness (QED) is 0.591. The number of piperazine rings is 1. The average Bonchev–Trinajstić information content (AvgIpc) is 3.54. The van der Waals surface area contributed by atoms with E-state index in [9.17, 15) is 9.59 Å². The Morgan fingerprint density at radius 2 is 1.93 bits per heavy atom. The van der Waals surface area contributed by atoms with E-state index < -0.39 is 0 Å². The fourth-order valence-corrected chi connectivity index (χ4v) is 4.55. The molecule has 27 heavy (non-hydrogen) atoms. The van der Waals surface area contributed by atoms with Gasteiger partial charge in [-0.3, -0.25) is 4.79 Å². The summed E-state index contributed by atoms with van der Waals surface area (Å²) in [6, 6.07) is 18.5. The van der Waals surface area contributed by atoms with Crippen molar-refractivity contribution in [2.45, 2.75) is 23.3 Å². The van der Waals surface area contributed by atoms with E-state index in [1.165, 1.54) is 17.3 Å². The van der Waals surface area contributed by atoms with Crippen molar-refractivity contribution in [2.75, 3.05) is 30.3 Å². The zero-order chi connectivity index (χ0) is 18.6. The molecular weight excluding hydrogens is 356 g/mol. The molecule has 2 aromatic carbocycles. The first-order chi connectivity index (χ1) is 13.3. The van der Waals surface area contributed by atoms with Gasteiger partial charge in [-0.25, -0.2) is 0 Å². The molecule has 0 amide bonds. The van der Waals surface area contributed by atoms with Gasteiger partial charge in [0.2, 0.25) is 0 Å². The number of anilines is 1. The van der Waals surface area contributed by atoms with Gasteiger partial charge in [-0.1, -0.05) is 30.3 Å². The Bertz CT molecular complexity index is 794. The Labute approximate surface area is 164 Å². The molecule has 4 nitrogen and oxygen atoms in total. The van der Waals surface area contributed by atoms with Gasteiger partial charge in [0, 0.05) is 36.1 Å². The van der Waals surface area contributed by atoms with Crippen molar-refractivity contribution in [2.24, 2.45) is 5.92 Å². The molecule has 2 fully saturated rings. The maximum Gasteiger partial charge on any atom is 0.160 e. The monoisotopic (exact) mass is 380 g/mol. The van der Waals surface area contributed by atoms with Crippen LogP contribution in [-0.2, 0) is 9.59 Å². The molecule has 1 heterocycles. The highest BCUT2D eigenvalue weighted by atomic mass is 32.2. The molecule has 1 aliphatic heterocycles. The molecule has 4 rings (SSSR count). The van der Waals surface area contributed by atoms with Crippen LogP contribution in [0.25, 0.3) is 0 Å². The van der Waals surface area contributed by atoms with Crippen LogP contribution in [0.1, 0.15) is 17.9 Å². The number of rotatable bonds is 7. The summed E-state index contributed by atoms with van der Waals surface area (Å²) in [7, 11) is 0. The predicted molar refractivity (Wildman–Crippen MR) is 110 cm³/mol. The number of carbonyl (C=O) groups is 2. The van der Waals surface area contributed by atoms with Crippen molar-refractivity contribution in [3.8, 4) is 0 Å². The van der Waals surface area contributed by atoms with Crippen LogP contribution < -0.4 is 10.2 Å². The fourth-order valence-electron chi connectivity index (χ4n) is 3.96. The Kier molecular flexibility index (Phi) is 5.60. The van der Waals surface area contributed by atoms with Crippen molar-refractivity contribution in [3.63, 3.8) is 0 Å². The largest absolute Gasteiger partial charge is 0.359 e. The van der Waals surface area contributed by atoms with E-state index in [1.54, 1.807) is 0 Å². The highest BCUT2D eigenvalue weighted by molar-refractivity contribution is 7.99. The minimum absolute atomic E-state index is 0.106. The number of Topliss-reactive ketones (excluding diaryl/α,β-unsaturated/α-hetero) is 1. The van der Waals surface area contributed by atoms with E-state index >= 15 is 0 Å². The SMILES string of the molecule is O=CCSc1ccc(N2CCNCC2C(=O)[C@@H]2C[C@H]2c2ccccc2)cc1. The third-order valence-electron chi connectivity index (χ3n) is 5.44. The zero-order valence-electron chi connectivity index (χ0n) is 15.2. The standard InChI is InChI=1S/C22H24N2O2S/c25-12-13-27-18-8-6-17(7-9-18)24-11-10-23-15-21(24)22(26)20-14-19(20)16-4-2-1-3-5-16/h1-9,12,19-21,23H,10-11,13-15H2/t19-,20+,21?/m0/s1. The Morgan fingerprint density at radius 3 is 2.67 bits per heavy atom. The van der Waals surface area contributed by atoms with Gasteiger partial charge in [0.05, 0.1) is 5.75 Å². The molecule has 1 saturated carbocycles. The Hall–Kier alpha value is -2.11. The first-order valence-electron chi connectivity index (χ1n) is 9.50. The summed E-state index contributed by atoms with van der Waals surface area (Å²) in [5, 5.41) is 3.39. The molecule has 2 aliphatic rings. The van der Waals surface area contributed by atoms with Crippen LogP contribution in [0.4, 0.5) is 5.69 Å². The summed E-state index contributed by atoms with van der Waals surface area (Å²) in [6.45, 7) is 2.43. The predicted octanol–water partition coefficient (Wildman–Crippen LogP) is 3.13. The lowest BCUT2D eigenvalue weighted by Gasteiger charge is -2.37. The average molecular weight is 381 g/mol. The molecule has 0 radical (unpaired) electrons.